The lowest BCUT2D eigenvalue weighted by atomic mass is 9.83. The number of rotatable bonds is 9. The van der Waals surface area contributed by atoms with E-state index < -0.39 is 15.8 Å². The molecule has 0 spiro atoms. The van der Waals surface area contributed by atoms with Crippen molar-refractivity contribution in [1.82, 2.24) is 9.97 Å². The predicted molar refractivity (Wildman–Crippen MR) is 124 cm³/mol. The second kappa shape index (κ2) is 8.91. The molecule has 0 bridgehead atoms. The Morgan fingerprint density at radius 3 is 2.48 bits per heavy atom. The molecule has 0 amide bonds. The minimum atomic E-state index is -3.31. The van der Waals surface area contributed by atoms with Crippen LogP contribution < -0.4 is 0 Å². The van der Waals surface area contributed by atoms with Gasteiger partial charge in [0.15, 0.2) is 9.84 Å². The highest BCUT2D eigenvalue weighted by atomic mass is 35.5. The fraction of sp³-hybridized carbons (Fsp3) is 0.520. The second-order valence-corrected chi connectivity index (χ2v) is 12.3. The highest BCUT2D eigenvalue weighted by molar-refractivity contribution is 7.92. The topological polar surface area (TPSA) is 94.1 Å². The maximum Gasteiger partial charge on any atom is 0.181 e. The molecule has 5 rings (SSSR count). The third kappa shape index (κ3) is 5.04. The first-order valence-corrected chi connectivity index (χ1v) is 13.6. The number of carbonyl (C=O) groups excluding carboxylic acids is 2. The summed E-state index contributed by atoms with van der Waals surface area (Å²) in [5.41, 5.74) is 2.26. The van der Waals surface area contributed by atoms with E-state index in [0.29, 0.717) is 29.9 Å². The molecule has 3 aliphatic rings. The van der Waals surface area contributed by atoms with Crippen LogP contribution in [-0.2, 0) is 25.8 Å². The van der Waals surface area contributed by atoms with E-state index in [1.807, 2.05) is 12.1 Å². The van der Waals surface area contributed by atoms with Crippen LogP contribution in [0.25, 0.3) is 0 Å². The van der Waals surface area contributed by atoms with Gasteiger partial charge in [-0.2, -0.15) is 0 Å². The first kappa shape index (κ1) is 22.7. The molecule has 2 atom stereocenters. The number of nitrogens with zero attached hydrogens (tertiary/aromatic N) is 2. The first-order valence-electron chi connectivity index (χ1n) is 11.7. The highest BCUT2D eigenvalue weighted by Crippen LogP contribution is 2.47. The van der Waals surface area contributed by atoms with Gasteiger partial charge in [-0.25, -0.2) is 13.4 Å². The molecular weight excluding hydrogens is 460 g/mol. The number of ketones is 2. The number of hydrogen-bond donors (Lipinski definition) is 0. The first-order chi connectivity index (χ1) is 15.8. The lowest BCUT2D eigenvalue weighted by molar-refractivity contribution is -0.121. The average molecular weight is 487 g/mol. The van der Waals surface area contributed by atoms with Crippen molar-refractivity contribution in [1.29, 1.82) is 0 Å². The summed E-state index contributed by atoms with van der Waals surface area (Å²) < 4.78 is 26.0. The molecule has 1 aromatic heterocycles. The van der Waals surface area contributed by atoms with Crippen LogP contribution in [0.1, 0.15) is 80.0 Å². The molecule has 3 saturated carbocycles. The summed E-state index contributed by atoms with van der Waals surface area (Å²) in [6, 6.07) is 5.49. The van der Waals surface area contributed by atoms with Gasteiger partial charge in [0.1, 0.15) is 16.7 Å². The SMILES string of the molecule is O=C1CC[C@H](C[C@@H](C(=O)Cc2cnc(Cl)cn2)c2ccc(S(=O)(=O)C3CC3)c(C3CC3)c2)C1. The van der Waals surface area contributed by atoms with Crippen LogP contribution in [0, 0.1) is 5.92 Å². The smallest absolute Gasteiger partial charge is 0.181 e. The monoisotopic (exact) mass is 486 g/mol. The van der Waals surface area contributed by atoms with E-state index in [1.165, 1.54) is 12.4 Å². The third-order valence-corrected chi connectivity index (χ3v) is 9.59. The molecular formula is C25H27ClN2O4S. The zero-order valence-electron chi connectivity index (χ0n) is 18.4. The van der Waals surface area contributed by atoms with Crippen LogP contribution in [0.5, 0.6) is 0 Å². The van der Waals surface area contributed by atoms with Crippen molar-refractivity contribution < 1.29 is 18.0 Å². The van der Waals surface area contributed by atoms with Crippen LogP contribution in [0.2, 0.25) is 5.15 Å². The van der Waals surface area contributed by atoms with Gasteiger partial charge in [-0.3, -0.25) is 14.6 Å². The largest absolute Gasteiger partial charge is 0.300 e. The fourth-order valence-electron chi connectivity index (χ4n) is 4.93. The Morgan fingerprint density at radius 1 is 1.09 bits per heavy atom. The maximum atomic E-state index is 13.5. The Bertz CT molecular complexity index is 1190. The van der Waals surface area contributed by atoms with E-state index in [9.17, 15) is 18.0 Å². The van der Waals surface area contributed by atoms with Crippen molar-refractivity contribution in [3.05, 3.63) is 52.6 Å². The van der Waals surface area contributed by atoms with Crippen LogP contribution in [-0.4, -0.2) is 35.2 Å². The van der Waals surface area contributed by atoms with E-state index in [1.54, 1.807) is 6.07 Å². The van der Waals surface area contributed by atoms with Gasteiger partial charge in [0.05, 0.1) is 34.7 Å². The molecule has 2 aromatic rings. The average Bonchev–Trinajstić information content (AvgIpc) is 3.70. The molecule has 6 nitrogen and oxygen atoms in total. The van der Waals surface area contributed by atoms with Gasteiger partial charge in [-0.05, 0) is 67.6 Å². The molecule has 174 valence electrons. The number of sulfone groups is 1. The standard InChI is InChI=1S/C25H27ClN2O4S/c26-25-14-27-18(13-28-25)12-23(30)21(10-15-1-5-19(29)9-15)17-4-8-24(22(11-17)16-2-3-16)33(31,32)20-6-7-20/h4,8,11,13-16,20-21H,1-3,5-7,9-10,12H2/t15-,21+/m0/s1. The Morgan fingerprint density at radius 2 is 1.88 bits per heavy atom. The minimum absolute atomic E-state index is 0.00511. The second-order valence-electron chi connectivity index (χ2n) is 9.73. The van der Waals surface area contributed by atoms with Gasteiger partial charge in [-0.1, -0.05) is 23.7 Å². The summed E-state index contributed by atoms with van der Waals surface area (Å²) in [6.45, 7) is 0. The van der Waals surface area contributed by atoms with E-state index in [-0.39, 0.29) is 40.2 Å². The number of hydrogen-bond acceptors (Lipinski definition) is 6. The third-order valence-electron chi connectivity index (χ3n) is 7.06. The summed E-state index contributed by atoms with van der Waals surface area (Å²) in [5, 5.41) is 0.0139. The van der Waals surface area contributed by atoms with Crippen molar-refractivity contribution in [3.63, 3.8) is 0 Å². The van der Waals surface area contributed by atoms with Crippen molar-refractivity contribution in [2.45, 2.75) is 79.8 Å². The van der Waals surface area contributed by atoms with Crippen LogP contribution >= 0.6 is 11.6 Å². The summed E-state index contributed by atoms with van der Waals surface area (Å²) in [6.07, 6.45) is 8.94. The number of Topliss-reactive ketones (excluding diaryl/α,β-unsaturated/α-hetero) is 2. The molecule has 3 aliphatic carbocycles. The Balaban J connectivity index is 1.47. The quantitative estimate of drug-likeness (QED) is 0.514. The Labute approximate surface area is 199 Å². The molecule has 0 N–H and O–H groups in total. The Kier molecular flexibility index (Phi) is 6.12. The zero-order valence-corrected chi connectivity index (χ0v) is 19.9. The van der Waals surface area contributed by atoms with Gasteiger partial charge in [0.25, 0.3) is 0 Å². The van der Waals surface area contributed by atoms with Crippen molar-refractivity contribution >= 4 is 33.0 Å². The van der Waals surface area contributed by atoms with Crippen LogP contribution in [0.4, 0.5) is 0 Å². The lowest BCUT2D eigenvalue weighted by Gasteiger charge is -2.21. The molecule has 3 fully saturated rings. The molecule has 33 heavy (non-hydrogen) atoms. The Hall–Kier alpha value is -2.12. The van der Waals surface area contributed by atoms with E-state index in [0.717, 1.165) is 43.2 Å². The number of halogens is 1. The van der Waals surface area contributed by atoms with E-state index >= 15 is 0 Å². The van der Waals surface area contributed by atoms with E-state index in [2.05, 4.69) is 9.97 Å². The zero-order chi connectivity index (χ0) is 23.2. The van der Waals surface area contributed by atoms with Gasteiger partial charge < -0.3 is 0 Å². The van der Waals surface area contributed by atoms with Crippen molar-refractivity contribution in [3.8, 4) is 0 Å². The summed E-state index contributed by atoms with van der Waals surface area (Å²) in [5.74, 6) is 0.264. The number of benzene rings is 1. The van der Waals surface area contributed by atoms with Gasteiger partial charge >= 0.3 is 0 Å². The van der Waals surface area contributed by atoms with E-state index in [4.69, 9.17) is 11.6 Å². The van der Waals surface area contributed by atoms with Gasteiger partial charge in [0.2, 0.25) is 0 Å². The molecule has 8 heteroatoms. The molecule has 0 radical (unpaired) electrons. The maximum absolute atomic E-state index is 13.5. The summed E-state index contributed by atoms with van der Waals surface area (Å²) >= 11 is 5.83. The molecule has 1 heterocycles. The summed E-state index contributed by atoms with van der Waals surface area (Å²) in [4.78, 5) is 34.0. The number of aromatic nitrogens is 2. The highest BCUT2D eigenvalue weighted by Gasteiger charge is 2.41. The van der Waals surface area contributed by atoms with Crippen molar-refractivity contribution in [2.24, 2.45) is 5.92 Å². The van der Waals surface area contributed by atoms with Gasteiger partial charge in [-0.15, -0.1) is 0 Å². The van der Waals surface area contributed by atoms with Crippen molar-refractivity contribution in [2.75, 3.05) is 0 Å². The lowest BCUT2D eigenvalue weighted by Crippen LogP contribution is -2.20. The molecule has 0 unspecified atom stereocenters. The normalized spacial score (nSPS) is 21.8. The van der Waals surface area contributed by atoms with Crippen LogP contribution in [0.3, 0.4) is 0 Å². The molecule has 0 saturated heterocycles. The molecule has 0 aliphatic heterocycles. The summed E-state index contributed by atoms with van der Waals surface area (Å²) in [7, 11) is -3.31. The fourth-order valence-corrected chi connectivity index (χ4v) is 6.95. The minimum Gasteiger partial charge on any atom is -0.300 e. The molecule has 1 aromatic carbocycles. The van der Waals surface area contributed by atoms with Crippen LogP contribution in [0.15, 0.2) is 35.5 Å². The predicted octanol–water partition coefficient (Wildman–Crippen LogP) is 4.60. The number of carbonyl (C=O) groups is 2. The van der Waals surface area contributed by atoms with Gasteiger partial charge in [0, 0.05) is 18.8 Å².